The second-order valence-electron chi connectivity index (χ2n) is 7.94. The first kappa shape index (κ1) is 24.5. The Labute approximate surface area is 172 Å². The van der Waals surface area contributed by atoms with Crippen molar-refractivity contribution in [3.05, 3.63) is 29.3 Å². The highest BCUT2D eigenvalue weighted by Crippen LogP contribution is 2.27. The lowest BCUT2D eigenvalue weighted by Gasteiger charge is -2.14. The molecule has 1 N–H and O–H groups in total. The van der Waals surface area contributed by atoms with Crippen LogP contribution in [0.15, 0.2) is 18.2 Å². The van der Waals surface area contributed by atoms with Gasteiger partial charge in [-0.05, 0) is 30.9 Å². The molecule has 0 spiro atoms. The molecule has 0 unspecified atom stereocenters. The predicted molar refractivity (Wildman–Crippen MR) is 119 cm³/mol. The van der Waals surface area contributed by atoms with Crippen LogP contribution in [0.1, 0.15) is 120 Å². The quantitative estimate of drug-likeness (QED) is 0.260. The van der Waals surface area contributed by atoms with Crippen LogP contribution in [0.4, 0.5) is 0 Å². The number of ether oxygens (including phenoxy) is 1. The third-order valence-electron chi connectivity index (χ3n) is 5.37. The molecule has 0 aliphatic carbocycles. The number of carboxylic acid groups (broad SMARTS) is 1. The van der Waals surface area contributed by atoms with Gasteiger partial charge < -0.3 is 9.84 Å². The molecule has 0 bridgehead atoms. The Morgan fingerprint density at radius 1 is 0.786 bits per heavy atom. The standard InChI is InChI=1S/C25H42O3/c1-3-5-7-9-11-12-14-16-21-28-24-22(18-15-13-10-8-6-4-2)19-17-20-23(24)25(26)27/h17,19-20H,3-16,18,21H2,1-2H3,(H,26,27). The average molecular weight is 391 g/mol. The van der Waals surface area contributed by atoms with Gasteiger partial charge in [0.1, 0.15) is 11.3 Å². The van der Waals surface area contributed by atoms with E-state index in [1.54, 1.807) is 6.07 Å². The molecule has 0 atom stereocenters. The van der Waals surface area contributed by atoms with E-state index in [-0.39, 0.29) is 0 Å². The van der Waals surface area contributed by atoms with Crippen LogP contribution in [-0.4, -0.2) is 17.7 Å². The summed E-state index contributed by atoms with van der Waals surface area (Å²) in [5, 5.41) is 9.52. The van der Waals surface area contributed by atoms with Gasteiger partial charge in [0.25, 0.3) is 0 Å². The summed E-state index contributed by atoms with van der Waals surface area (Å²) in [5.41, 5.74) is 1.36. The van der Waals surface area contributed by atoms with Crippen molar-refractivity contribution in [2.45, 2.75) is 110 Å². The molecule has 0 aromatic heterocycles. The summed E-state index contributed by atoms with van der Waals surface area (Å²) >= 11 is 0. The number of rotatable bonds is 18. The Morgan fingerprint density at radius 2 is 1.32 bits per heavy atom. The van der Waals surface area contributed by atoms with Crippen molar-refractivity contribution in [3.63, 3.8) is 0 Å². The van der Waals surface area contributed by atoms with Crippen molar-refractivity contribution in [1.82, 2.24) is 0 Å². The highest BCUT2D eigenvalue weighted by molar-refractivity contribution is 5.91. The van der Waals surface area contributed by atoms with E-state index in [0.29, 0.717) is 17.9 Å². The van der Waals surface area contributed by atoms with Gasteiger partial charge in [-0.3, -0.25) is 0 Å². The number of carboxylic acids is 1. The van der Waals surface area contributed by atoms with Gasteiger partial charge in [-0.25, -0.2) is 4.79 Å². The summed E-state index contributed by atoms with van der Waals surface area (Å²) in [4.78, 5) is 11.6. The molecule has 1 aromatic carbocycles. The van der Waals surface area contributed by atoms with Gasteiger partial charge in [0.15, 0.2) is 0 Å². The van der Waals surface area contributed by atoms with Crippen molar-refractivity contribution >= 4 is 5.97 Å². The van der Waals surface area contributed by atoms with E-state index in [0.717, 1.165) is 31.2 Å². The van der Waals surface area contributed by atoms with Crippen LogP contribution >= 0.6 is 0 Å². The van der Waals surface area contributed by atoms with Gasteiger partial charge in [0.05, 0.1) is 6.61 Å². The molecule has 0 aliphatic heterocycles. The Morgan fingerprint density at radius 3 is 1.89 bits per heavy atom. The van der Waals surface area contributed by atoms with E-state index in [4.69, 9.17) is 4.74 Å². The van der Waals surface area contributed by atoms with Gasteiger partial charge in [0.2, 0.25) is 0 Å². The SMILES string of the molecule is CCCCCCCCCCOc1c(CCCCCCCC)cccc1C(=O)O. The highest BCUT2D eigenvalue weighted by Gasteiger charge is 2.15. The van der Waals surface area contributed by atoms with E-state index in [1.165, 1.54) is 70.6 Å². The topological polar surface area (TPSA) is 46.5 Å². The van der Waals surface area contributed by atoms with Crippen LogP contribution in [0.3, 0.4) is 0 Å². The van der Waals surface area contributed by atoms with Gasteiger partial charge in [0, 0.05) is 0 Å². The lowest BCUT2D eigenvalue weighted by molar-refractivity contribution is 0.0692. The largest absolute Gasteiger partial charge is 0.492 e. The molecule has 0 heterocycles. The third-order valence-corrected chi connectivity index (χ3v) is 5.37. The van der Waals surface area contributed by atoms with Gasteiger partial charge in [-0.2, -0.15) is 0 Å². The Hall–Kier alpha value is -1.51. The Balaban J connectivity index is 2.41. The minimum Gasteiger partial charge on any atom is -0.492 e. The minimum absolute atomic E-state index is 0.308. The number of para-hydroxylation sites is 1. The molecule has 0 radical (unpaired) electrons. The smallest absolute Gasteiger partial charge is 0.339 e. The fourth-order valence-corrected chi connectivity index (χ4v) is 3.63. The fourth-order valence-electron chi connectivity index (χ4n) is 3.63. The minimum atomic E-state index is -0.893. The zero-order valence-electron chi connectivity index (χ0n) is 18.3. The average Bonchev–Trinajstić information content (AvgIpc) is 2.69. The summed E-state index contributed by atoms with van der Waals surface area (Å²) < 4.78 is 5.99. The lowest BCUT2D eigenvalue weighted by Crippen LogP contribution is -2.07. The van der Waals surface area contributed by atoms with E-state index >= 15 is 0 Å². The molecule has 160 valence electrons. The first-order valence-corrected chi connectivity index (χ1v) is 11.7. The van der Waals surface area contributed by atoms with Gasteiger partial charge in [-0.1, -0.05) is 103 Å². The van der Waals surface area contributed by atoms with Crippen LogP contribution in [0.25, 0.3) is 0 Å². The molecule has 3 nitrogen and oxygen atoms in total. The van der Waals surface area contributed by atoms with Crippen molar-refractivity contribution < 1.29 is 14.6 Å². The number of hydrogen-bond donors (Lipinski definition) is 1. The van der Waals surface area contributed by atoms with Crippen LogP contribution in [0.2, 0.25) is 0 Å². The molecule has 0 saturated carbocycles. The van der Waals surface area contributed by atoms with Crippen molar-refractivity contribution in [2.24, 2.45) is 0 Å². The maximum atomic E-state index is 11.6. The summed E-state index contributed by atoms with van der Waals surface area (Å²) in [6.45, 7) is 5.09. The molecule has 0 fully saturated rings. The second kappa shape index (κ2) is 16.4. The predicted octanol–water partition coefficient (Wildman–Crippen LogP) is 7.81. The number of benzene rings is 1. The number of hydrogen-bond acceptors (Lipinski definition) is 2. The van der Waals surface area contributed by atoms with Crippen LogP contribution in [0, 0.1) is 0 Å². The summed E-state index contributed by atoms with van der Waals surface area (Å²) in [6, 6.07) is 5.54. The molecule has 0 aliphatic rings. The van der Waals surface area contributed by atoms with E-state index in [1.807, 2.05) is 12.1 Å². The first-order valence-electron chi connectivity index (χ1n) is 11.7. The summed E-state index contributed by atoms with van der Waals surface area (Å²) in [7, 11) is 0. The molecule has 0 amide bonds. The normalized spacial score (nSPS) is 10.9. The van der Waals surface area contributed by atoms with Crippen LogP contribution in [0.5, 0.6) is 5.75 Å². The molecule has 28 heavy (non-hydrogen) atoms. The molecule has 3 heteroatoms. The van der Waals surface area contributed by atoms with E-state index in [9.17, 15) is 9.90 Å². The van der Waals surface area contributed by atoms with E-state index < -0.39 is 5.97 Å². The van der Waals surface area contributed by atoms with Gasteiger partial charge in [-0.15, -0.1) is 0 Å². The highest BCUT2D eigenvalue weighted by atomic mass is 16.5. The summed E-state index contributed by atoms with van der Waals surface area (Å²) in [6.07, 6.45) is 18.4. The van der Waals surface area contributed by atoms with Crippen molar-refractivity contribution in [1.29, 1.82) is 0 Å². The first-order chi connectivity index (χ1) is 13.7. The zero-order valence-corrected chi connectivity index (χ0v) is 18.3. The van der Waals surface area contributed by atoms with Crippen molar-refractivity contribution in [2.75, 3.05) is 6.61 Å². The van der Waals surface area contributed by atoms with Gasteiger partial charge >= 0.3 is 5.97 Å². The maximum Gasteiger partial charge on any atom is 0.339 e. The molecular formula is C25H42O3. The van der Waals surface area contributed by atoms with E-state index in [2.05, 4.69) is 13.8 Å². The third kappa shape index (κ3) is 10.7. The Kier molecular flexibility index (Phi) is 14.4. The lowest BCUT2D eigenvalue weighted by atomic mass is 10.0. The maximum absolute atomic E-state index is 11.6. The molecule has 1 aromatic rings. The number of aryl methyl sites for hydroxylation is 1. The molecule has 1 rings (SSSR count). The fraction of sp³-hybridized carbons (Fsp3) is 0.720. The summed E-state index contributed by atoms with van der Waals surface area (Å²) in [5.74, 6) is -0.290. The molecular weight excluding hydrogens is 348 g/mol. The second-order valence-corrected chi connectivity index (χ2v) is 7.94. The zero-order chi connectivity index (χ0) is 20.5. The number of carbonyl (C=O) groups is 1. The van der Waals surface area contributed by atoms with Crippen molar-refractivity contribution in [3.8, 4) is 5.75 Å². The Bertz CT molecular complexity index is 525. The number of aromatic carboxylic acids is 1. The monoisotopic (exact) mass is 390 g/mol. The molecule has 0 saturated heterocycles. The number of unbranched alkanes of at least 4 members (excludes halogenated alkanes) is 12. The van der Waals surface area contributed by atoms with Crippen LogP contribution < -0.4 is 4.74 Å². The van der Waals surface area contributed by atoms with Crippen LogP contribution in [-0.2, 0) is 6.42 Å².